The van der Waals surface area contributed by atoms with Gasteiger partial charge in [-0.2, -0.15) is 0 Å². The molecule has 1 aromatic carbocycles. The van der Waals surface area contributed by atoms with Gasteiger partial charge in [0, 0.05) is 0 Å². The minimum Gasteiger partial charge on any atom is -0.465 e. The lowest BCUT2D eigenvalue weighted by molar-refractivity contribution is -0.150. The Bertz CT molecular complexity index is 424. The fourth-order valence-electron chi connectivity index (χ4n) is 2.91. The summed E-state index contributed by atoms with van der Waals surface area (Å²) in [5.74, 6) is -0.0588. The van der Waals surface area contributed by atoms with E-state index in [2.05, 4.69) is 24.1 Å². The predicted molar refractivity (Wildman–Crippen MR) is 83.3 cm³/mol. The molecule has 0 aromatic heterocycles. The molecule has 0 amide bonds. The van der Waals surface area contributed by atoms with Crippen molar-refractivity contribution in [2.75, 3.05) is 26.7 Å². The van der Waals surface area contributed by atoms with E-state index in [0.29, 0.717) is 6.61 Å². The van der Waals surface area contributed by atoms with Gasteiger partial charge in [-0.1, -0.05) is 30.3 Å². The maximum absolute atomic E-state index is 12.5. The number of hydrogen-bond donors (Lipinski definition) is 0. The molecule has 0 spiro atoms. The molecule has 0 saturated carbocycles. The first-order valence-electron chi connectivity index (χ1n) is 7.10. The van der Waals surface area contributed by atoms with Crippen LogP contribution in [0.4, 0.5) is 0 Å². The summed E-state index contributed by atoms with van der Waals surface area (Å²) < 4.78 is 5.37. The van der Waals surface area contributed by atoms with Crippen molar-refractivity contribution in [1.82, 2.24) is 4.90 Å². The number of likely N-dealkylation sites (tertiary alicyclic amines) is 1. The lowest BCUT2D eigenvalue weighted by Crippen LogP contribution is -2.38. The average molecular weight is 298 g/mol. The maximum Gasteiger partial charge on any atom is 0.316 e. The third kappa shape index (κ3) is 3.53. The Labute approximate surface area is 127 Å². The normalized spacial score (nSPS) is 23.5. The molecule has 1 unspecified atom stereocenters. The quantitative estimate of drug-likeness (QED) is 0.803. The van der Waals surface area contributed by atoms with Crippen molar-refractivity contribution >= 4 is 18.4 Å². The molecule has 1 heterocycles. The Hall–Kier alpha value is -1.06. The second-order valence-electron chi connectivity index (χ2n) is 5.33. The van der Waals surface area contributed by atoms with E-state index in [9.17, 15) is 4.79 Å². The number of nitrogens with zero attached hydrogens (tertiary/aromatic N) is 1. The number of rotatable bonds is 3. The van der Waals surface area contributed by atoms with Crippen LogP contribution in [0, 0.1) is 0 Å². The Morgan fingerprint density at radius 2 is 1.95 bits per heavy atom. The highest BCUT2D eigenvalue weighted by atomic mass is 35.5. The second kappa shape index (κ2) is 7.65. The van der Waals surface area contributed by atoms with Crippen LogP contribution in [0.5, 0.6) is 0 Å². The number of hydrogen-bond acceptors (Lipinski definition) is 3. The summed E-state index contributed by atoms with van der Waals surface area (Å²) in [5, 5.41) is 0. The van der Waals surface area contributed by atoms with Gasteiger partial charge in [0.2, 0.25) is 0 Å². The summed E-state index contributed by atoms with van der Waals surface area (Å²) in [6.07, 6.45) is 2.75. The van der Waals surface area contributed by atoms with Crippen LogP contribution in [0.2, 0.25) is 0 Å². The van der Waals surface area contributed by atoms with Crippen molar-refractivity contribution in [2.45, 2.75) is 31.6 Å². The standard InChI is InChI=1S/C16H23NO2.ClH/c1-3-19-15(18)16(14-8-5-4-6-9-14)10-7-12-17(2)13-11-16;/h4-6,8-9H,3,7,10-13H2,1-2H3;1H. The van der Waals surface area contributed by atoms with Crippen molar-refractivity contribution < 1.29 is 9.53 Å². The summed E-state index contributed by atoms with van der Waals surface area (Å²) in [6, 6.07) is 10.1. The van der Waals surface area contributed by atoms with Gasteiger partial charge in [0.15, 0.2) is 0 Å². The molecule has 0 N–H and O–H groups in total. The zero-order valence-electron chi connectivity index (χ0n) is 12.3. The van der Waals surface area contributed by atoms with Crippen LogP contribution in [-0.4, -0.2) is 37.6 Å². The molecule has 20 heavy (non-hydrogen) atoms. The van der Waals surface area contributed by atoms with Crippen molar-refractivity contribution in [3.8, 4) is 0 Å². The molecule has 0 aliphatic carbocycles. The molecular formula is C16H24ClNO2. The van der Waals surface area contributed by atoms with E-state index < -0.39 is 5.41 Å². The predicted octanol–water partition coefficient (Wildman–Crippen LogP) is 3.03. The average Bonchev–Trinajstić information content (AvgIpc) is 2.63. The summed E-state index contributed by atoms with van der Waals surface area (Å²) in [7, 11) is 2.12. The Morgan fingerprint density at radius 3 is 2.60 bits per heavy atom. The summed E-state index contributed by atoms with van der Waals surface area (Å²) >= 11 is 0. The van der Waals surface area contributed by atoms with Crippen LogP contribution in [0.3, 0.4) is 0 Å². The Kier molecular flexibility index (Phi) is 6.50. The van der Waals surface area contributed by atoms with Crippen LogP contribution in [0.25, 0.3) is 0 Å². The fourth-order valence-corrected chi connectivity index (χ4v) is 2.91. The summed E-state index contributed by atoms with van der Waals surface area (Å²) in [4.78, 5) is 14.8. The third-order valence-electron chi connectivity index (χ3n) is 4.06. The number of halogens is 1. The minimum atomic E-state index is -0.456. The van der Waals surface area contributed by atoms with E-state index in [0.717, 1.165) is 37.9 Å². The molecule has 0 bridgehead atoms. The number of benzene rings is 1. The van der Waals surface area contributed by atoms with Crippen LogP contribution >= 0.6 is 12.4 Å². The lowest BCUT2D eigenvalue weighted by atomic mass is 9.74. The third-order valence-corrected chi connectivity index (χ3v) is 4.06. The van der Waals surface area contributed by atoms with Gasteiger partial charge in [0.1, 0.15) is 0 Å². The second-order valence-corrected chi connectivity index (χ2v) is 5.33. The molecule has 0 radical (unpaired) electrons. The van der Waals surface area contributed by atoms with Crippen LogP contribution in [0.1, 0.15) is 31.7 Å². The molecule has 112 valence electrons. The topological polar surface area (TPSA) is 29.5 Å². The fraction of sp³-hybridized carbons (Fsp3) is 0.562. The zero-order valence-corrected chi connectivity index (χ0v) is 13.1. The first kappa shape index (κ1) is 17.0. The van der Waals surface area contributed by atoms with Gasteiger partial charge < -0.3 is 9.64 Å². The van der Waals surface area contributed by atoms with E-state index >= 15 is 0 Å². The molecule has 1 atom stereocenters. The van der Waals surface area contributed by atoms with Gasteiger partial charge in [0.25, 0.3) is 0 Å². The molecule has 1 fully saturated rings. The largest absolute Gasteiger partial charge is 0.465 e. The Balaban J connectivity index is 0.00000200. The van der Waals surface area contributed by atoms with Gasteiger partial charge in [0.05, 0.1) is 12.0 Å². The first-order chi connectivity index (χ1) is 9.19. The van der Waals surface area contributed by atoms with Gasteiger partial charge >= 0.3 is 5.97 Å². The van der Waals surface area contributed by atoms with Crippen molar-refractivity contribution in [2.24, 2.45) is 0 Å². The van der Waals surface area contributed by atoms with Crippen LogP contribution < -0.4 is 0 Å². The van der Waals surface area contributed by atoms with E-state index in [-0.39, 0.29) is 18.4 Å². The van der Waals surface area contributed by atoms with Crippen molar-refractivity contribution in [3.63, 3.8) is 0 Å². The number of esters is 1. The highest BCUT2D eigenvalue weighted by molar-refractivity contribution is 5.85. The number of carbonyl (C=O) groups excluding carboxylic acids is 1. The van der Waals surface area contributed by atoms with Crippen LogP contribution in [0.15, 0.2) is 30.3 Å². The summed E-state index contributed by atoms with van der Waals surface area (Å²) in [6.45, 7) is 4.31. The number of carbonyl (C=O) groups is 1. The molecule has 1 aliphatic rings. The lowest BCUT2D eigenvalue weighted by Gasteiger charge is -2.30. The zero-order chi connectivity index (χ0) is 13.7. The summed E-state index contributed by atoms with van der Waals surface area (Å²) in [5.41, 5.74) is 0.644. The Morgan fingerprint density at radius 1 is 1.25 bits per heavy atom. The molecule has 2 rings (SSSR count). The SMILES string of the molecule is CCOC(=O)C1(c2ccccc2)CCCN(C)CC1.Cl. The number of ether oxygens (including phenoxy) is 1. The van der Waals surface area contributed by atoms with E-state index in [1.54, 1.807) is 0 Å². The first-order valence-corrected chi connectivity index (χ1v) is 7.10. The minimum absolute atomic E-state index is 0. The van der Waals surface area contributed by atoms with Gasteiger partial charge in [-0.15, -0.1) is 12.4 Å². The highest BCUT2D eigenvalue weighted by Crippen LogP contribution is 2.36. The van der Waals surface area contributed by atoms with E-state index in [1.165, 1.54) is 0 Å². The highest BCUT2D eigenvalue weighted by Gasteiger charge is 2.42. The van der Waals surface area contributed by atoms with Gasteiger partial charge in [-0.3, -0.25) is 4.79 Å². The van der Waals surface area contributed by atoms with E-state index in [1.807, 2.05) is 25.1 Å². The van der Waals surface area contributed by atoms with E-state index in [4.69, 9.17) is 4.74 Å². The maximum atomic E-state index is 12.5. The molecule has 3 nitrogen and oxygen atoms in total. The van der Waals surface area contributed by atoms with Crippen LogP contribution in [-0.2, 0) is 14.9 Å². The van der Waals surface area contributed by atoms with Gasteiger partial charge in [-0.25, -0.2) is 0 Å². The molecule has 1 saturated heterocycles. The molecule has 1 aromatic rings. The molecule has 4 heteroatoms. The smallest absolute Gasteiger partial charge is 0.316 e. The molecule has 1 aliphatic heterocycles. The van der Waals surface area contributed by atoms with Gasteiger partial charge in [-0.05, 0) is 51.9 Å². The molecular weight excluding hydrogens is 274 g/mol. The van der Waals surface area contributed by atoms with Crippen molar-refractivity contribution in [1.29, 1.82) is 0 Å². The monoisotopic (exact) mass is 297 g/mol. The van der Waals surface area contributed by atoms with Crippen molar-refractivity contribution in [3.05, 3.63) is 35.9 Å².